The number of hydrogen-bond donors (Lipinski definition) is 2. The van der Waals surface area contributed by atoms with E-state index in [9.17, 15) is 5.26 Å². The number of rotatable bonds is 2. The van der Waals surface area contributed by atoms with Gasteiger partial charge in [-0.3, -0.25) is 0 Å². The summed E-state index contributed by atoms with van der Waals surface area (Å²) in [6.45, 7) is 3.91. The first-order chi connectivity index (χ1) is 8.63. The molecule has 0 aliphatic carbocycles. The van der Waals surface area contributed by atoms with Gasteiger partial charge in [0.25, 0.3) is 0 Å². The van der Waals surface area contributed by atoms with Crippen molar-refractivity contribution in [2.75, 3.05) is 11.1 Å². The number of benzene rings is 2. The van der Waals surface area contributed by atoms with Crippen LogP contribution in [0.25, 0.3) is 0 Å². The number of nitrogen functional groups attached to an aromatic ring is 1. The van der Waals surface area contributed by atoms with E-state index in [0.717, 1.165) is 22.5 Å². The van der Waals surface area contributed by atoms with Crippen LogP contribution in [0.4, 0.5) is 17.1 Å². The van der Waals surface area contributed by atoms with Crippen LogP contribution in [0, 0.1) is 25.2 Å². The van der Waals surface area contributed by atoms with Crippen LogP contribution < -0.4 is 11.1 Å². The molecule has 0 saturated carbocycles. The molecule has 2 aromatic carbocycles. The van der Waals surface area contributed by atoms with Crippen molar-refractivity contribution in [2.24, 2.45) is 0 Å². The second-order valence-electron chi connectivity index (χ2n) is 4.27. The molecule has 0 aromatic heterocycles. The molecule has 2 aromatic rings. The average molecular weight is 237 g/mol. The van der Waals surface area contributed by atoms with Crippen molar-refractivity contribution in [3.63, 3.8) is 0 Å². The molecule has 0 heterocycles. The van der Waals surface area contributed by atoms with E-state index < -0.39 is 0 Å². The van der Waals surface area contributed by atoms with Gasteiger partial charge in [-0.1, -0.05) is 24.3 Å². The summed E-state index contributed by atoms with van der Waals surface area (Å²) >= 11 is 0. The van der Waals surface area contributed by atoms with Gasteiger partial charge < -0.3 is 11.1 Å². The second kappa shape index (κ2) is 4.80. The van der Waals surface area contributed by atoms with Gasteiger partial charge in [0.2, 0.25) is 0 Å². The molecule has 2 rings (SSSR count). The van der Waals surface area contributed by atoms with Gasteiger partial charge in [0.1, 0.15) is 6.07 Å². The number of nitriles is 1. The summed E-state index contributed by atoms with van der Waals surface area (Å²) in [4.78, 5) is 0. The molecule has 3 N–H and O–H groups in total. The number of anilines is 3. The van der Waals surface area contributed by atoms with E-state index in [2.05, 4.69) is 11.4 Å². The van der Waals surface area contributed by atoms with Crippen molar-refractivity contribution in [3.05, 3.63) is 53.1 Å². The minimum atomic E-state index is 0.653. The zero-order valence-electron chi connectivity index (χ0n) is 10.5. The van der Waals surface area contributed by atoms with E-state index in [4.69, 9.17) is 5.73 Å². The minimum absolute atomic E-state index is 0.653. The number of nitrogens with one attached hydrogen (secondary N) is 1. The molecule has 0 unspecified atom stereocenters. The van der Waals surface area contributed by atoms with Gasteiger partial charge in [-0.15, -0.1) is 0 Å². The molecule has 90 valence electrons. The van der Waals surface area contributed by atoms with E-state index in [1.54, 1.807) is 0 Å². The minimum Gasteiger partial charge on any atom is -0.397 e. The Balaban J connectivity index is 2.48. The largest absolute Gasteiger partial charge is 0.397 e. The third-order valence-electron chi connectivity index (χ3n) is 2.95. The van der Waals surface area contributed by atoms with Crippen LogP contribution in [0.1, 0.15) is 16.7 Å². The first kappa shape index (κ1) is 12.0. The fraction of sp³-hybridized carbons (Fsp3) is 0.133. The van der Waals surface area contributed by atoms with Crippen molar-refractivity contribution in [1.29, 1.82) is 5.26 Å². The van der Waals surface area contributed by atoms with Crippen LogP contribution in [0.3, 0.4) is 0 Å². The van der Waals surface area contributed by atoms with Gasteiger partial charge >= 0.3 is 0 Å². The Morgan fingerprint density at radius 1 is 1.06 bits per heavy atom. The topological polar surface area (TPSA) is 61.8 Å². The van der Waals surface area contributed by atoms with E-state index in [1.807, 2.05) is 50.2 Å². The molecule has 3 heteroatoms. The van der Waals surface area contributed by atoms with Crippen molar-refractivity contribution >= 4 is 17.1 Å². The average Bonchev–Trinajstić information content (AvgIpc) is 2.34. The Morgan fingerprint density at radius 3 is 2.39 bits per heavy atom. The number of aryl methyl sites for hydroxylation is 2. The summed E-state index contributed by atoms with van der Waals surface area (Å²) in [7, 11) is 0. The Bertz CT molecular complexity index is 604. The molecule has 18 heavy (non-hydrogen) atoms. The van der Waals surface area contributed by atoms with E-state index in [-0.39, 0.29) is 0 Å². The van der Waals surface area contributed by atoms with Crippen LogP contribution in [0.2, 0.25) is 0 Å². The van der Waals surface area contributed by atoms with E-state index in [1.165, 1.54) is 0 Å². The SMILES string of the molecule is Cc1cccc(Nc2c(C)cccc2N)c1C#N. The molecule has 0 bridgehead atoms. The lowest BCUT2D eigenvalue weighted by Gasteiger charge is -2.14. The molecule has 0 spiro atoms. The Hall–Kier alpha value is -2.47. The standard InChI is InChI=1S/C15H15N3/c1-10-5-4-8-14(12(10)9-16)18-15-11(2)6-3-7-13(15)17/h3-8,18H,17H2,1-2H3. The van der Waals surface area contributed by atoms with Crippen LogP contribution in [0.5, 0.6) is 0 Å². The van der Waals surface area contributed by atoms with Crippen LogP contribution in [-0.2, 0) is 0 Å². The van der Waals surface area contributed by atoms with Crippen molar-refractivity contribution in [1.82, 2.24) is 0 Å². The summed E-state index contributed by atoms with van der Waals surface area (Å²) in [5.74, 6) is 0. The van der Waals surface area contributed by atoms with Crippen molar-refractivity contribution < 1.29 is 0 Å². The number of hydrogen-bond acceptors (Lipinski definition) is 3. The molecule has 3 nitrogen and oxygen atoms in total. The van der Waals surface area contributed by atoms with Gasteiger partial charge in [0, 0.05) is 0 Å². The zero-order valence-corrected chi connectivity index (χ0v) is 10.5. The van der Waals surface area contributed by atoms with Crippen LogP contribution >= 0.6 is 0 Å². The van der Waals surface area contributed by atoms with Gasteiger partial charge in [-0.25, -0.2) is 0 Å². The number of nitrogens with two attached hydrogens (primary N) is 1. The molecular weight excluding hydrogens is 222 g/mol. The highest BCUT2D eigenvalue weighted by Crippen LogP contribution is 2.29. The Kier molecular flexibility index (Phi) is 3.20. The fourth-order valence-corrected chi connectivity index (χ4v) is 1.92. The van der Waals surface area contributed by atoms with E-state index >= 15 is 0 Å². The lowest BCUT2D eigenvalue weighted by Crippen LogP contribution is -2.01. The molecule has 0 aliphatic rings. The second-order valence-corrected chi connectivity index (χ2v) is 4.27. The third kappa shape index (κ3) is 2.14. The molecule has 0 radical (unpaired) electrons. The normalized spacial score (nSPS) is 9.83. The highest BCUT2D eigenvalue weighted by atomic mass is 14.9. The third-order valence-corrected chi connectivity index (χ3v) is 2.95. The summed E-state index contributed by atoms with van der Waals surface area (Å²) in [6.07, 6.45) is 0. The van der Waals surface area contributed by atoms with Gasteiger partial charge in [0.05, 0.1) is 22.6 Å². The summed E-state index contributed by atoms with van der Waals surface area (Å²) < 4.78 is 0. The first-order valence-electron chi connectivity index (χ1n) is 5.75. The fourth-order valence-electron chi connectivity index (χ4n) is 1.92. The molecule has 0 aliphatic heterocycles. The number of nitrogens with zero attached hydrogens (tertiary/aromatic N) is 1. The molecule has 0 fully saturated rings. The smallest absolute Gasteiger partial charge is 0.102 e. The zero-order chi connectivity index (χ0) is 13.1. The molecule has 0 atom stereocenters. The Labute approximate surface area is 107 Å². The van der Waals surface area contributed by atoms with Crippen LogP contribution in [-0.4, -0.2) is 0 Å². The molecular formula is C15H15N3. The van der Waals surface area contributed by atoms with Gasteiger partial charge in [-0.2, -0.15) is 5.26 Å². The monoisotopic (exact) mass is 237 g/mol. The molecule has 0 amide bonds. The maximum Gasteiger partial charge on any atom is 0.102 e. The maximum absolute atomic E-state index is 9.19. The maximum atomic E-state index is 9.19. The first-order valence-corrected chi connectivity index (χ1v) is 5.75. The summed E-state index contributed by atoms with van der Waals surface area (Å²) in [5.41, 5.74) is 10.9. The highest BCUT2D eigenvalue weighted by Gasteiger charge is 2.08. The van der Waals surface area contributed by atoms with Gasteiger partial charge in [-0.05, 0) is 37.1 Å². The molecule has 0 saturated heterocycles. The van der Waals surface area contributed by atoms with Crippen molar-refractivity contribution in [3.8, 4) is 6.07 Å². The van der Waals surface area contributed by atoms with E-state index in [0.29, 0.717) is 11.3 Å². The lowest BCUT2D eigenvalue weighted by molar-refractivity contribution is 1.37. The highest BCUT2D eigenvalue weighted by molar-refractivity contribution is 5.78. The predicted octanol–water partition coefficient (Wildman–Crippen LogP) is 3.50. The Morgan fingerprint density at radius 2 is 1.72 bits per heavy atom. The quantitative estimate of drug-likeness (QED) is 0.786. The summed E-state index contributed by atoms with van der Waals surface area (Å²) in [6, 6.07) is 13.7. The predicted molar refractivity (Wildman–Crippen MR) is 74.8 cm³/mol. The van der Waals surface area contributed by atoms with Gasteiger partial charge in [0.15, 0.2) is 0 Å². The summed E-state index contributed by atoms with van der Waals surface area (Å²) in [5, 5.41) is 12.4. The lowest BCUT2D eigenvalue weighted by atomic mass is 10.1. The van der Waals surface area contributed by atoms with Crippen molar-refractivity contribution in [2.45, 2.75) is 13.8 Å². The number of para-hydroxylation sites is 1. The van der Waals surface area contributed by atoms with Crippen LogP contribution in [0.15, 0.2) is 36.4 Å².